The van der Waals surface area contributed by atoms with Crippen LogP contribution in [0.25, 0.3) is 5.57 Å². The Kier molecular flexibility index (Phi) is 4.40. The highest BCUT2D eigenvalue weighted by Gasteiger charge is 2.22. The Labute approximate surface area is 106 Å². The number of aliphatic carboxylic acids is 1. The number of nitrogens with zero attached hydrogens (tertiary/aromatic N) is 2. The van der Waals surface area contributed by atoms with Gasteiger partial charge in [0.2, 0.25) is 0 Å². The third kappa shape index (κ3) is 2.54. The molecule has 0 aliphatic heterocycles. The highest BCUT2D eigenvalue weighted by atomic mass is 32.2. The Balaban J connectivity index is 3.34. The van der Waals surface area contributed by atoms with E-state index < -0.39 is 5.97 Å². The highest BCUT2D eigenvalue weighted by molar-refractivity contribution is 7.98. The molecule has 0 radical (unpaired) electrons. The van der Waals surface area contributed by atoms with Crippen molar-refractivity contribution in [2.45, 2.75) is 31.2 Å². The van der Waals surface area contributed by atoms with Gasteiger partial charge in [-0.3, -0.25) is 0 Å². The van der Waals surface area contributed by atoms with Crippen LogP contribution in [-0.2, 0) is 11.8 Å². The molecule has 1 rings (SSSR count). The summed E-state index contributed by atoms with van der Waals surface area (Å²) in [6, 6.07) is 0. The summed E-state index contributed by atoms with van der Waals surface area (Å²) < 4.78 is 1.84. The van der Waals surface area contributed by atoms with Crippen molar-refractivity contribution < 1.29 is 9.90 Å². The summed E-state index contributed by atoms with van der Waals surface area (Å²) >= 11 is 1.45. The van der Waals surface area contributed by atoms with Crippen LogP contribution in [0.15, 0.2) is 11.6 Å². The van der Waals surface area contributed by atoms with Gasteiger partial charge in [0.15, 0.2) is 0 Å². The molecular weight excluding hydrogens is 236 g/mol. The molecule has 0 spiro atoms. The van der Waals surface area contributed by atoms with Crippen LogP contribution in [0.2, 0.25) is 0 Å². The topological polar surface area (TPSA) is 55.1 Å². The van der Waals surface area contributed by atoms with Gasteiger partial charge in [0.1, 0.15) is 10.9 Å². The molecule has 1 N–H and O–H groups in total. The number of thioether (sulfide) groups is 1. The van der Waals surface area contributed by atoms with Gasteiger partial charge in [0.25, 0.3) is 0 Å². The quantitative estimate of drug-likeness (QED) is 0.648. The average molecular weight is 254 g/mol. The Bertz CT molecular complexity index is 452. The minimum absolute atomic E-state index is 0.0962. The van der Waals surface area contributed by atoms with Crippen LogP contribution in [0.1, 0.15) is 37.7 Å². The molecule has 1 aromatic heterocycles. The molecular formula is C12H18N2O2S. The van der Waals surface area contributed by atoms with Crippen LogP contribution in [0.4, 0.5) is 0 Å². The fourth-order valence-corrected chi connectivity index (χ4v) is 2.33. The SMILES string of the molecule is C=C(C(=O)O)c1c(SC)nc(C(C)CC)n1C. The molecule has 0 saturated heterocycles. The Morgan fingerprint density at radius 2 is 2.24 bits per heavy atom. The molecule has 4 nitrogen and oxygen atoms in total. The molecule has 0 aliphatic carbocycles. The van der Waals surface area contributed by atoms with E-state index in [0.717, 1.165) is 17.3 Å². The van der Waals surface area contributed by atoms with E-state index in [0.29, 0.717) is 11.6 Å². The van der Waals surface area contributed by atoms with E-state index in [1.54, 1.807) is 0 Å². The molecule has 0 fully saturated rings. The maximum absolute atomic E-state index is 11.0. The van der Waals surface area contributed by atoms with Crippen molar-refractivity contribution >= 4 is 23.3 Å². The number of rotatable bonds is 5. The van der Waals surface area contributed by atoms with Gasteiger partial charge in [-0.05, 0) is 12.7 Å². The first-order valence-electron chi connectivity index (χ1n) is 5.47. The summed E-state index contributed by atoms with van der Waals surface area (Å²) in [5.74, 6) is 0.217. The number of imidazole rings is 1. The van der Waals surface area contributed by atoms with Crippen LogP contribution in [0.5, 0.6) is 0 Å². The molecule has 94 valence electrons. The Hall–Kier alpha value is -1.23. The molecule has 0 saturated carbocycles. The number of carboxylic acids is 1. The molecule has 1 unspecified atom stereocenters. The van der Waals surface area contributed by atoms with Crippen molar-refractivity contribution in [3.63, 3.8) is 0 Å². The van der Waals surface area contributed by atoms with Crippen LogP contribution in [0.3, 0.4) is 0 Å². The lowest BCUT2D eigenvalue weighted by molar-refractivity contribution is -0.130. The Morgan fingerprint density at radius 1 is 1.65 bits per heavy atom. The van der Waals surface area contributed by atoms with E-state index in [4.69, 9.17) is 5.11 Å². The summed E-state index contributed by atoms with van der Waals surface area (Å²) in [7, 11) is 1.84. The molecule has 1 heterocycles. The van der Waals surface area contributed by atoms with E-state index in [1.807, 2.05) is 17.9 Å². The predicted molar refractivity (Wildman–Crippen MR) is 70.4 cm³/mol. The van der Waals surface area contributed by atoms with Crippen LogP contribution < -0.4 is 0 Å². The first-order valence-corrected chi connectivity index (χ1v) is 6.69. The van der Waals surface area contributed by atoms with Crippen molar-refractivity contribution in [2.75, 3.05) is 6.26 Å². The van der Waals surface area contributed by atoms with Gasteiger partial charge >= 0.3 is 5.97 Å². The van der Waals surface area contributed by atoms with Gasteiger partial charge in [0.05, 0.1) is 11.3 Å². The Morgan fingerprint density at radius 3 is 2.65 bits per heavy atom. The number of hydrogen-bond acceptors (Lipinski definition) is 3. The molecule has 0 bridgehead atoms. The van der Waals surface area contributed by atoms with Crippen LogP contribution >= 0.6 is 11.8 Å². The number of carbonyl (C=O) groups is 1. The molecule has 17 heavy (non-hydrogen) atoms. The largest absolute Gasteiger partial charge is 0.478 e. The van der Waals surface area contributed by atoms with Crippen molar-refractivity contribution in [3.8, 4) is 0 Å². The molecule has 1 aromatic rings. The summed E-state index contributed by atoms with van der Waals surface area (Å²) in [4.78, 5) is 15.5. The van der Waals surface area contributed by atoms with Crippen molar-refractivity contribution in [3.05, 3.63) is 18.1 Å². The van der Waals surface area contributed by atoms with E-state index in [-0.39, 0.29) is 5.57 Å². The number of aromatic nitrogens is 2. The lowest BCUT2D eigenvalue weighted by Crippen LogP contribution is -2.08. The fourth-order valence-electron chi connectivity index (χ4n) is 1.69. The summed E-state index contributed by atoms with van der Waals surface area (Å²) in [6.07, 6.45) is 2.86. The van der Waals surface area contributed by atoms with Gasteiger partial charge in [-0.25, -0.2) is 9.78 Å². The monoisotopic (exact) mass is 254 g/mol. The van der Waals surface area contributed by atoms with Gasteiger partial charge in [-0.1, -0.05) is 20.4 Å². The zero-order chi connectivity index (χ0) is 13.2. The zero-order valence-electron chi connectivity index (χ0n) is 10.6. The second kappa shape index (κ2) is 5.40. The van der Waals surface area contributed by atoms with Crippen molar-refractivity contribution in [2.24, 2.45) is 7.05 Å². The summed E-state index contributed by atoms with van der Waals surface area (Å²) in [6.45, 7) is 7.79. The average Bonchev–Trinajstić information content (AvgIpc) is 2.64. The minimum atomic E-state index is -1.00. The molecule has 5 heteroatoms. The predicted octanol–water partition coefficient (Wildman–Crippen LogP) is 2.75. The van der Waals surface area contributed by atoms with E-state index in [2.05, 4.69) is 25.4 Å². The van der Waals surface area contributed by atoms with Crippen molar-refractivity contribution in [1.29, 1.82) is 0 Å². The molecule has 1 atom stereocenters. The van der Waals surface area contributed by atoms with E-state index in [1.165, 1.54) is 11.8 Å². The zero-order valence-corrected chi connectivity index (χ0v) is 11.5. The van der Waals surface area contributed by atoms with Gasteiger partial charge in [-0.15, -0.1) is 11.8 Å². The van der Waals surface area contributed by atoms with Gasteiger partial charge in [0, 0.05) is 13.0 Å². The molecule has 0 aromatic carbocycles. The van der Waals surface area contributed by atoms with Crippen molar-refractivity contribution in [1.82, 2.24) is 9.55 Å². The summed E-state index contributed by atoms with van der Waals surface area (Å²) in [5.41, 5.74) is 0.708. The van der Waals surface area contributed by atoms with Crippen LogP contribution in [0, 0.1) is 0 Å². The third-order valence-electron chi connectivity index (χ3n) is 2.89. The maximum Gasteiger partial charge on any atom is 0.337 e. The highest BCUT2D eigenvalue weighted by Crippen LogP contribution is 2.29. The van der Waals surface area contributed by atoms with Gasteiger partial charge in [-0.2, -0.15) is 0 Å². The fraction of sp³-hybridized carbons (Fsp3) is 0.500. The summed E-state index contributed by atoms with van der Waals surface area (Å²) in [5, 5.41) is 9.77. The lowest BCUT2D eigenvalue weighted by Gasteiger charge is -2.10. The second-order valence-electron chi connectivity index (χ2n) is 3.98. The number of hydrogen-bond donors (Lipinski definition) is 1. The van der Waals surface area contributed by atoms with Gasteiger partial charge < -0.3 is 9.67 Å². The standard InChI is InChI=1S/C12H18N2O2S/c1-6-7(2)10-13-11(17-5)9(14(10)4)8(3)12(15)16/h7H,3,6H2,1-2,4-5H3,(H,15,16). The minimum Gasteiger partial charge on any atom is -0.478 e. The smallest absolute Gasteiger partial charge is 0.337 e. The normalized spacial score (nSPS) is 12.5. The second-order valence-corrected chi connectivity index (χ2v) is 4.77. The maximum atomic E-state index is 11.0. The third-order valence-corrected chi connectivity index (χ3v) is 3.56. The first kappa shape index (κ1) is 13.8. The lowest BCUT2D eigenvalue weighted by atomic mass is 10.1. The number of carboxylic acid groups (broad SMARTS) is 1. The molecule has 0 aliphatic rings. The first-order chi connectivity index (χ1) is 7.93. The molecule has 0 amide bonds. The van der Waals surface area contributed by atoms with E-state index >= 15 is 0 Å². The van der Waals surface area contributed by atoms with Crippen LogP contribution in [-0.4, -0.2) is 26.9 Å². The van der Waals surface area contributed by atoms with E-state index in [9.17, 15) is 4.79 Å².